The third kappa shape index (κ3) is 4.53. The van der Waals surface area contributed by atoms with Crippen molar-refractivity contribution < 1.29 is 0 Å². The Kier molecular flexibility index (Phi) is 6.55. The normalized spacial score (nSPS) is 13.4. The maximum absolute atomic E-state index is 4.58. The Labute approximate surface area is 193 Å². The van der Waals surface area contributed by atoms with Crippen molar-refractivity contribution in [3.05, 3.63) is 60.5 Å². The number of pyridine rings is 1. The minimum atomic E-state index is 0.779. The number of rotatable bonds is 6. The summed E-state index contributed by atoms with van der Waals surface area (Å²) in [5, 5.41) is 10.9. The van der Waals surface area contributed by atoms with Crippen LogP contribution in [0.5, 0.6) is 0 Å². The Morgan fingerprint density at radius 2 is 1.91 bits per heavy atom. The molecule has 0 radical (unpaired) electrons. The smallest absolute Gasteiger partial charge is 0.185 e. The van der Waals surface area contributed by atoms with Gasteiger partial charge >= 0.3 is 0 Å². The van der Waals surface area contributed by atoms with Crippen molar-refractivity contribution in [1.82, 2.24) is 19.7 Å². The van der Waals surface area contributed by atoms with Gasteiger partial charge in [-0.05, 0) is 35.4 Å². The second-order valence-corrected chi connectivity index (χ2v) is 8.83. The van der Waals surface area contributed by atoms with Crippen LogP contribution in [0, 0.1) is 5.92 Å². The number of anilines is 2. The third-order valence-corrected chi connectivity index (χ3v) is 6.75. The molecule has 0 spiro atoms. The summed E-state index contributed by atoms with van der Waals surface area (Å²) < 4.78 is 1.81. The molecule has 1 aliphatic heterocycles. The number of hydrogen-bond donors (Lipinski definition) is 1. The zero-order valence-electron chi connectivity index (χ0n) is 19.2. The van der Waals surface area contributed by atoms with Crippen LogP contribution in [0.15, 0.2) is 55.6 Å². The van der Waals surface area contributed by atoms with E-state index in [0.29, 0.717) is 0 Å². The van der Waals surface area contributed by atoms with Gasteiger partial charge in [-0.3, -0.25) is 4.68 Å². The van der Waals surface area contributed by atoms with E-state index >= 15 is 0 Å². The highest BCUT2D eigenvalue weighted by atomic mass is 32.1. The number of fused-ring (bicyclic) bond motifs is 1. The van der Waals surface area contributed by atoms with E-state index in [0.717, 1.165) is 62.4 Å². The van der Waals surface area contributed by atoms with Crippen LogP contribution in [0.3, 0.4) is 0 Å². The van der Waals surface area contributed by atoms with Crippen LogP contribution in [-0.4, -0.2) is 32.8 Å². The molecule has 3 aromatic heterocycles. The van der Waals surface area contributed by atoms with Gasteiger partial charge in [0.1, 0.15) is 5.82 Å². The zero-order chi connectivity index (χ0) is 22.7. The lowest BCUT2D eigenvalue weighted by molar-refractivity contribution is 0.398. The SMILES string of the molecule is C=C(Nc1cc2cc(-c3cnn(C)c3)ccc2cn1)c1cnc(N2CC(CC)C2)s1.CC. The molecule has 6 nitrogen and oxygen atoms in total. The number of thiazole rings is 1. The lowest BCUT2D eigenvalue weighted by Gasteiger charge is -2.38. The molecule has 1 aromatic carbocycles. The molecule has 0 amide bonds. The van der Waals surface area contributed by atoms with E-state index in [1.807, 2.05) is 50.4 Å². The van der Waals surface area contributed by atoms with Crippen LogP contribution < -0.4 is 10.2 Å². The van der Waals surface area contributed by atoms with Gasteiger partial charge in [0.05, 0.1) is 16.8 Å². The number of nitrogens with one attached hydrogen (secondary N) is 1. The molecule has 0 atom stereocenters. The molecule has 166 valence electrons. The Morgan fingerprint density at radius 1 is 1.09 bits per heavy atom. The molecule has 1 aliphatic rings. The Hall–Kier alpha value is -3.19. The average molecular weight is 447 g/mol. The van der Waals surface area contributed by atoms with Gasteiger partial charge in [0.15, 0.2) is 5.13 Å². The summed E-state index contributed by atoms with van der Waals surface area (Å²) in [5.74, 6) is 1.58. The van der Waals surface area contributed by atoms with Gasteiger partial charge in [0.2, 0.25) is 0 Å². The fourth-order valence-electron chi connectivity index (χ4n) is 3.71. The Morgan fingerprint density at radius 3 is 2.62 bits per heavy atom. The summed E-state index contributed by atoms with van der Waals surface area (Å²) in [5.41, 5.74) is 3.06. The van der Waals surface area contributed by atoms with Gasteiger partial charge in [0, 0.05) is 49.7 Å². The van der Waals surface area contributed by atoms with E-state index in [1.165, 1.54) is 6.42 Å². The molecule has 1 N–H and O–H groups in total. The largest absolute Gasteiger partial charge is 0.347 e. The van der Waals surface area contributed by atoms with Crippen LogP contribution in [0.25, 0.3) is 27.6 Å². The van der Waals surface area contributed by atoms with Crippen LogP contribution in [0.1, 0.15) is 32.1 Å². The quantitative estimate of drug-likeness (QED) is 0.391. The van der Waals surface area contributed by atoms with Crippen molar-refractivity contribution >= 4 is 38.8 Å². The second kappa shape index (κ2) is 9.53. The summed E-state index contributed by atoms with van der Waals surface area (Å²) in [6, 6.07) is 8.42. The summed E-state index contributed by atoms with van der Waals surface area (Å²) >= 11 is 1.68. The van der Waals surface area contributed by atoms with Gasteiger partial charge in [-0.25, -0.2) is 9.97 Å². The number of nitrogens with zero attached hydrogens (tertiary/aromatic N) is 5. The highest BCUT2D eigenvalue weighted by molar-refractivity contribution is 7.16. The molecule has 1 saturated heterocycles. The second-order valence-electron chi connectivity index (χ2n) is 7.82. The van der Waals surface area contributed by atoms with Gasteiger partial charge in [0.25, 0.3) is 0 Å². The highest BCUT2D eigenvalue weighted by Gasteiger charge is 2.27. The van der Waals surface area contributed by atoms with E-state index in [1.54, 1.807) is 11.3 Å². The molecule has 7 heteroatoms. The zero-order valence-corrected chi connectivity index (χ0v) is 20.0. The predicted octanol–water partition coefficient (Wildman–Crippen LogP) is 6.05. The molecule has 1 fully saturated rings. The lowest BCUT2D eigenvalue weighted by atomic mass is 9.98. The van der Waals surface area contributed by atoms with Gasteiger partial charge in [-0.1, -0.05) is 50.8 Å². The van der Waals surface area contributed by atoms with Gasteiger partial charge in [-0.2, -0.15) is 5.10 Å². The van der Waals surface area contributed by atoms with Crippen LogP contribution in [0.4, 0.5) is 10.9 Å². The van der Waals surface area contributed by atoms with E-state index in [4.69, 9.17) is 0 Å². The van der Waals surface area contributed by atoms with Crippen LogP contribution in [0.2, 0.25) is 0 Å². The van der Waals surface area contributed by atoms with Crippen molar-refractivity contribution in [3.63, 3.8) is 0 Å². The van der Waals surface area contributed by atoms with Crippen molar-refractivity contribution in [1.29, 1.82) is 0 Å². The minimum absolute atomic E-state index is 0.779. The van der Waals surface area contributed by atoms with E-state index in [9.17, 15) is 0 Å². The van der Waals surface area contributed by atoms with Crippen molar-refractivity contribution in [2.45, 2.75) is 27.2 Å². The Bertz CT molecular complexity index is 1220. The molecule has 32 heavy (non-hydrogen) atoms. The number of aryl methyl sites for hydroxylation is 1. The number of hydrogen-bond acceptors (Lipinski definition) is 6. The monoisotopic (exact) mass is 446 g/mol. The maximum atomic E-state index is 4.58. The fraction of sp³-hybridized carbons (Fsp3) is 0.320. The molecular formula is C25H30N6S. The molecule has 0 saturated carbocycles. The molecule has 4 heterocycles. The van der Waals surface area contributed by atoms with Crippen LogP contribution >= 0.6 is 11.3 Å². The molecule has 0 aliphatic carbocycles. The summed E-state index contributed by atoms with van der Waals surface area (Å²) in [6.07, 6.45) is 8.92. The topological polar surface area (TPSA) is 58.9 Å². The predicted molar refractivity (Wildman–Crippen MR) is 136 cm³/mol. The number of aromatic nitrogens is 4. The summed E-state index contributed by atoms with van der Waals surface area (Å²) in [4.78, 5) is 12.5. The minimum Gasteiger partial charge on any atom is -0.347 e. The van der Waals surface area contributed by atoms with Crippen molar-refractivity contribution in [2.75, 3.05) is 23.3 Å². The summed E-state index contributed by atoms with van der Waals surface area (Å²) in [7, 11) is 1.93. The molecule has 4 aromatic rings. The van der Waals surface area contributed by atoms with Gasteiger partial charge < -0.3 is 10.2 Å². The van der Waals surface area contributed by atoms with Gasteiger partial charge in [-0.15, -0.1) is 0 Å². The fourth-order valence-corrected chi connectivity index (χ4v) is 4.57. The standard InChI is InChI=1S/C23H24N6S.C2H6/c1-4-16-12-29(13-16)23-25-11-21(30-23)15(2)27-22-8-19-7-17(5-6-18(19)9-24-22)20-10-26-28(3)14-20;1-2/h5-11,14,16H,2,4,12-13H2,1,3H3,(H,24,27);1-2H3. The van der Waals surface area contributed by atoms with Crippen LogP contribution in [-0.2, 0) is 7.05 Å². The number of benzene rings is 1. The average Bonchev–Trinajstić information content (AvgIpc) is 3.44. The first-order valence-electron chi connectivity index (χ1n) is 11.1. The van der Waals surface area contributed by atoms with Crippen molar-refractivity contribution in [2.24, 2.45) is 13.0 Å². The third-order valence-electron chi connectivity index (χ3n) is 5.63. The molecular weight excluding hydrogens is 416 g/mol. The maximum Gasteiger partial charge on any atom is 0.185 e. The molecule has 5 rings (SSSR count). The first kappa shape index (κ1) is 22.0. The molecule has 0 unspecified atom stereocenters. The molecule has 0 bridgehead atoms. The lowest BCUT2D eigenvalue weighted by Crippen LogP contribution is -2.46. The van der Waals surface area contributed by atoms with E-state index in [-0.39, 0.29) is 0 Å². The first-order chi connectivity index (χ1) is 15.6. The first-order valence-corrected chi connectivity index (χ1v) is 12.0. The van der Waals surface area contributed by atoms with E-state index in [2.05, 4.69) is 63.1 Å². The highest BCUT2D eigenvalue weighted by Crippen LogP contribution is 2.33. The Balaban J connectivity index is 0.00000119. The van der Waals surface area contributed by atoms with E-state index < -0.39 is 0 Å². The summed E-state index contributed by atoms with van der Waals surface area (Å²) in [6.45, 7) is 12.7. The van der Waals surface area contributed by atoms with Crippen molar-refractivity contribution in [3.8, 4) is 11.1 Å².